The average molecular weight is 544 g/mol. The number of halogens is 2. The molecular weight excluding hydrogens is 517 g/mol. The molecule has 0 unspecified atom stereocenters. The minimum atomic E-state index is -3.62. The number of nitrogens with one attached hydrogen (secondary N) is 1. The number of sulfonamides is 1. The minimum absolute atomic E-state index is 0.0270. The van der Waals surface area contributed by atoms with Gasteiger partial charge >= 0.3 is 0 Å². The van der Waals surface area contributed by atoms with E-state index in [1.807, 2.05) is 0 Å². The Balaban J connectivity index is 1.73. The van der Waals surface area contributed by atoms with Gasteiger partial charge in [0, 0.05) is 32.6 Å². The van der Waals surface area contributed by atoms with Crippen molar-refractivity contribution in [2.45, 2.75) is 32.4 Å². The Bertz CT molecular complexity index is 1210. The third-order valence-corrected chi connectivity index (χ3v) is 7.48. The minimum Gasteiger partial charge on any atom is -0.454 e. The van der Waals surface area contributed by atoms with Gasteiger partial charge in [-0.3, -0.25) is 13.9 Å². The highest BCUT2D eigenvalue weighted by Crippen LogP contribution is 2.36. The van der Waals surface area contributed by atoms with E-state index in [9.17, 15) is 18.0 Å². The van der Waals surface area contributed by atoms with Crippen molar-refractivity contribution in [1.82, 2.24) is 10.2 Å². The molecule has 1 atom stereocenters. The summed E-state index contributed by atoms with van der Waals surface area (Å²) in [5, 5.41) is 3.28. The fourth-order valence-corrected chi connectivity index (χ4v) is 4.95. The number of ether oxygens (including phenoxy) is 2. The summed E-state index contributed by atoms with van der Waals surface area (Å²) < 4.78 is 36.8. The monoisotopic (exact) mass is 543 g/mol. The summed E-state index contributed by atoms with van der Waals surface area (Å²) in [6.45, 7) is 1.91. The molecule has 2 aromatic carbocycles. The Morgan fingerprint density at radius 2 is 1.80 bits per heavy atom. The fraction of sp³-hybridized carbons (Fsp3) is 0.391. The van der Waals surface area contributed by atoms with Crippen LogP contribution < -0.4 is 19.1 Å². The highest BCUT2D eigenvalue weighted by atomic mass is 35.5. The molecule has 0 fully saturated rings. The van der Waals surface area contributed by atoms with Crippen molar-refractivity contribution in [1.29, 1.82) is 0 Å². The van der Waals surface area contributed by atoms with E-state index in [1.54, 1.807) is 43.3 Å². The van der Waals surface area contributed by atoms with Crippen LogP contribution in [-0.2, 0) is 26.2 Å². The molecule has 35 heavy (non-hydrogen) atoms. The highest BCUT2D eigenvalue weighted by Gasteiger charge is 2.27. The lowest BCUT2D eigenvalue weighted by molar-refractivity contribution is -0.140. The molecule has 0 saturated heterocycles. The van der Waals surface area contributed by atoms with Crippen molar-refractivity contribution < 1.29 is 27.5 Å². The van der Waals surface area contributed by atoms with Gasteiger partial charge in [-0.2, -0.15) is 0 Å². The van der Waals surface area contributed by atoms with Crippen LogP contribution in [0.25, 0.3) is 0 Å². The maximum Gasteiger partial charge on any atom is 0.242 e. The van der Waals surface area contributed by atoms with Gasteiger partial charge in [0.1, 0.15) is 6.04 Å². The molecule has 2 amide bonds. The number of hydrogen-bond acceptors (Lipinski definition) is 6. The van der Waals surface area contributed by atoms with Crippen LogP contribution >= 0.6 is 23.2 Å². The third-order valence-electron chi connectivity index (χ3n) is 5.55. The molecule has 1 N–H and O–H groups in total. The van der Waals surface area contributed by atoms with Gasteiger partial charge in [0.2, 0.25) is 28.6 Å². The van der Waals surface area contributed by atoms with Crippen LogP contribution in [0, 0.1) is 0 Å². The molecule has 2 aromatic rings. The molecule has 3 rings (SSSR count). The van der Waals surface area contributed by atoms with E-state index in [0.717, 1.165) is 6.26 Å². The van der Waals surface area contributed by atoms with Crippen molar-refractivity contribution in [2.24, 2.45) is 0 Å². The van der Waals surface area contributed by atoms with E-state index in [4.69, 9.17) is 32.7 Å². The number of likely N-dealkylation sites (N-methyl/N-ethyl adjacent to an activating group) is 1. The molecule has 1 aliphatic heterocycles. The molecule has 0 aromatic heterocycles. The first-order valence-corrected chi connectivity index (χ1v) is 13.4. The number of anilines is 1. The quantitative estimate of drug-likeness (QED) is 0.492. The second-order valence-corrected chi connectivity index (χ2v) is 10.8. The highest BCUT2D eigenvalue weighted by molar-refractivity contribution is 7.92. The molecule has 0 spiro atoms. The summed E-state index contributed by atoms with van der Waals surface area (Å²) in [5.74, 6) is 0.376. The van der Waals surface area contributed by atoms with Gasteiger partial charge in [0.15, 0.2) is 11.5 Å². The molecule has 12 heteroatoms. The van der Waals surface area contributed by atoms with Gasteiger partial charge in [-0.1, -0.05) is 29.3 Å². The predicted octanol–water partition coefficient (Wildman–Crippen LogP) is 3.43. The van der Waals surface area contributed by atoms with E-state index in [-0.39, 0.29) is 44.5 Å². The Hall–Kier alpha value is -2.69. The van der Waals surface area contributed by atoms with Crippen molar-refractivity contribution >= 4 is 50.7 Å². The van der Waals surface area contributed by atoms with Gasteiger partial charge in [-0.05, 0) is 43.2 Å². The van der Waals surface area contributed by atoms with Crippen molar-refractivity contribution in [3.8, 4) is 11.5 Å². The lowest BCUT2D eigenvalue weighted by Crippen LogP contribution is -2.46. The average Bonchev–Trinajstić information content (AvgIpc) is 3.28. The summed E-state index contributed by atoms with van der Waals surface area (Å²) in [5.41, 5.74) is 1.12. The van der Waals surface area contributed by atoms with E-state index in [2.05, 4.69) is 5.32 Å². The summed E-state index contributed by atoms with van der Waals surface area (Å²) in [4.78, 5) is 26.9. The molecule has 0 saturated carbocycles. The third kappa shape index (κ3) is 6.71. The molecule has 0 aliphatic carbocycles. The molecule has 1 heterocycles. The zero-order valence-electron chi connectivity index (χ0n) is 19.6. The zero-order chi connectivity index (χ0) is 25.8. The molecule has 190 valence electrons. The Labute approximate surface area is 214 Å². The SMILES string of the molecule is CNC(=O)[C@@H](C)N(Cc1ccc(Cl)c(Cl)c1)C(=O)CCCN(c1ccc2c(c1)OCO2)S(C)(=O)=O. The molecular formula is C23H27Cl2N3O6S. The first-order chi connectivity index (χ1) is 16.5. The second-order valence-electron chi connectivity index (χ2n) is 8.04. The number of carbonyl (C=O) groups excluding carboxylic acids is 2. The first kappa shape index (κ1) is 26.9. The predicted molar refractivity (Wildman–Crippen MR) is 135 cm³/mol. The lowest BCUT2D eigenvalue weighted by atomic mass is 10.1. The van der Waals surface area contributed by atoms with Gasteiger partial charge in [0.25, 0.3) is 0 Å². The zero-order valence-corrected chi connectivity index (χ0v) is 21.9. The van der Waals surface area contributed by atoms with Crippen LogP contribution in [0.2, 0.25) is 10.0 Å². The summed E-state index contributed by atoms with van der Waals surface area (Å²) in [6.07, 6.45) is 1.36. The number of hydrogen-bond donors (Lipinski definition) is 1. The Morgan fingerprint density at radius 1 is 1.09 bits per heavy atom. The van der Waals surface area contributed by atoms with Crippen molar-refractivity contribution in [3.05, 3.63) is 52.0 Å². The number of fused-ring (bicyclic) bond motifs is 1. The van der Waals surface area contributed by atoms with Crippen LogP contribution in [0.15, 0.2) is 36.4 Å². The van der Waals surface area contributed by atoms with Crippen LogP contribution in [0.5, 0.6) is 11.5 Å². The first-order valence-electron chi connectivity index (χ1n) is 10.8. The Kier molecular flexibility index (Phi) is 8.74. The van der Waals surface area contributed by atoms with E-state index in [1.165, 1.54) is 16.3 Å². The number of carbonyl (C=O) groups is 2. The standard InChI is InChI=1S/C23H27Cl2N3O6S/c1-15(23(30)26-2)27(13-16-6-8-18(24)19(25)11-16)22(29)5-4-10-28(35(3,31)32)17-7-9-20-21(12-17)34-14-33-20/h6-9,11-12,15H,4-5,10,13-14H2,1-3H3,(H,26,30)/t15-/m1/s1. The van der Waals surface area contributed by atoms with Crippen LogP contribution in [0.1, 0.15) is 25.3 Å². The number of benzene rings is 2. The maximum absolute atomic E-state index is 13.2. The topological polar surface area (TPSA) is 105 Å². The Morgan fingerprint density at radius 3 is 2.46 bits per heavy atom. The van der Waals surface area contributed by atoms with Crippen molar-refractivity contribution in [3.63, 3.8) is 0 Å². The largest absolute Gasteiger partial charge is 0.454 e. The molecule has 9 nitrogen and oxygen atoms in total. The number of rotatable bonds is 10. The lowest BCUT2D eigenvalue weighted by Gasteiger charge is -2.29. The van der Waals surface area contributed by atoms with E-state index >= 15 is 0 Å². The number of amides is 2. The smallest absolute Gasteiger partial charge is 0.242 e. The van der Waals surface area contributed by atoms with Gasteiger partial charge in [0.05, 0.1) is 22.0 Å². The van der Waals surface area contributed by atoms with E-state index in [0.29, 0.717) is 32.8 Å². The molecule has 0 radical (unpaired) electrons. The molecule has 0 bridgehead atoms. The second kappa shape index (κ2) is 11.4. The van der Waals surface area contributed by atoms with Crippen LogP contribution in [0.4, 0.5) is 5.69 Å². The summed E-state index contributed by atoms with van der Waals surface area (Å²) >= 11 is 12.1. The summed E-state index contributed by atoms with van der Waals surface area (Å²) in [7, 11) is -2.13. The van der Waals surface area contributed by atoms with E-state index < -0.39 is 16.1 Å². The summed E-state index contributed by atoms with van der Waals surface area (Å²) in [6, 6.07) is 9.12. The molecule has 1 aliphatic rings. The van der Waals surface area contributed by atoms with Crippen LogP contribution in [0.3, 0.4) is 0 Å². The van der Waals surface area contributed by atoms with Gasteiger partial charge in [-0.25, -0.2) is 8.42 Å². The van der Waals surface area contributed by atoms with Crippen LogP contribution in [-0.4, -0.2) is 57.8 Å². The maximum atomic E-state index is 13.2. The van der Waals surface area contributed by atoms with Crippen molar-refractivity contribution in [2.75, 3.05) is 30.9 Å². The normalized spacial score (nSPS) is 13.3. The van der Waals surface area contributed by atoms with Gasteiger partial charge < -0.3 is 19.7 Å². The number of nitrogens with zero attached hydrogens (tertiary/aromatic N) is 2. The fourth-order valence-electron chi connectivity index (χ4n) is 3.67. The van der Waals surface area contributed by atoms with Gasteiger partial charge in [-0.15, -0.1) is 0 Å².